The van der Waals surface area contributed by atoms with Gasteiger partial charge in [0.25, 0.3) is 0 Å². The van der Waals surface area contributed by atoms with Crippen LogP contribution >= 0.6 is 11.6 Å². The van der Waals surface area contributed by atoms with Crippen LogP contribution in [0.15, 0.2) is 48.5 Å². The maximum Gasteiger partial charge on any atom is 0.0438 e. The highest BCUT2D eigenvalue weighted by molar-refractivity contribution is 6.31. The number of benzene rings is 2. The lowest BCUT2D eigenvalue weighted by Crippen LogP contribution is -2.17. The van der Waals surface area contributed by atoms with E-state index in [1.54, 1.807) is 0 Å². The summed E-state index contributed by atoms with van der Waals surface area (Å²) in [4.78, 5) is 0. The fourth-order valence-corrected chi connectivity index (χ4v) is 2.26. The summed E-state index contributed by atoms with van der Waals surface area (Å²) in [5, 5.41) is 0.781. The molecule has 0 heterocycles. The molecule has 0 amide bonds. The molecule has 1 nitrogen and oxygen atoms in total. The lowest BCUT2D eigenvalue weighted by atomic mass is 9.89. The van der Waals surface area contributed by atoms with Gasteiger partial charge in [-0.3, -0.25) is 0 Å². The Kier molecular flexibility index (Phi) is 4.05. The Morgan fingerprint density at radius 3 is 2.28 bits per heavy atom. The summed E-state index contributed by atoms with van der Waals surface area (Å²) in [6.07, 6.45) is 0. The van der Waals surface area contributed by atoms with Crippen LogP contribution in [0.2, 0.25) is 5.02 Å². The molecule has 0 saturated carbocycles. The van der Waals surface area contributed by atoms with Crippen molar-refractivity contribution in [1.82, 2.24) is 0 Å². The summed E-state index contributed by atoms with van der Waals surface area (Å²) >= 11 is 6.15. The number of hydrogen-bond acceptors (Lipinski definition) is 1. The van der Waals surface area contributed by atoms with Crippen molar-refractivity contribution >= 4 is 11.6 Å². The molecule has 0 bridgehead atoms. The van der Waals surface area contributed by atoms with Gasteiger partial charge in [-0.2, -0.15) is 0 Å². The molecule has 0 aliphatic rings. The van der Waals surface area contributed by atoms with Crippen LogP contribution in [0.4, 0.5) is 0 Å². The maximum atomic E-state index is 6.33. The van der Waals surface area contributed by atoms with Crippen molar-refractivity contribution in [3.05, 3.63) is 70.2 Å². The van der Waals surface area contributed by atoms with Gasteiger partial charge in [0.05, 0.1) is 0 Å². The van der Waals surface area contributed by atoms with Gasteiger partial charge in [-0.05, 0) is 29.7 Å². The van der Waals surface area contributed by atoms with E-state index in [9.17, 15) is 0 Å². The summed E-state index contributed by atoms with van der Waals surface area (Å²) < 4.78 is 0. The largest absolute Gasteiger partial charge is 0.323 e. The molecule has 2 N–H and O–H groups in total. The second-order valence-corrected chi connectivity index (χ2v) is 5.14. The first-order valence-electron chi connectivity index (χ1n) is 6.16. The summed E-state index contributed by atoms with van der Waals surface area (Å²) in [6.45, 7) is 4.14. The molecule has 0 aromatic heterocycles. The minimum absolute atomic E-state index is 0.0366. The molecule has 2 unspecified atom stereocenters. The van der Waals surface area contributed by atoms with E-state index in [1.807, 2.05) is 37.3 Å². The second-order valence-electron chi connectivity index (χ2n) is 4.73. The highest BCUT2D eigenvalue weighted by Crippen LogP contribution is 2.30. The van der Waals surface area contributed by atoms with E-state index >= 15 is 0 Å². The number of rotatable bonds is 3. The molecule has 0 spiro atoms. The Balaban J connectivity index is 2.25. The molecule has 0 aliphatic carbocycles. The Hall–Kier alpha value is -1.31. The molecule has 2 aromatic carbocycles. The first-order chi connectivity index (χ1) is 8.59. The van der Waals surface area contributed by atoms with E-state index in [-0.39, 0.29) is 12.0 Å². The van der Waals surface area contributed by atoms with Crippen molar-refractivity contribution in [1.29, 1.82) is 0 Å². The van der Waals surface area contributed by atoms with Gasteiger partial charge in [0.2, 0.25) is 0 Å². The van der Waals surface area contributed by atoms with Crippen molar-refractivity contribution in [2.45, 2.75) is 25.8 Å². The summed E-state index contributed by atoms with van der Waals surface area (Å²) in [5.41, 5.74) is 9.75. The zero-order chi connectivity index (χ0) is 13.1. The van der Waals surface area contributed by atoms with Crippen LogP contribution in [0.5, 0.6) is 0 Å². The quantitative estimate of drug-likeness (QED) is 0.866. The smallest absolute Gasteiger partial charge is 0.0438 e. The Morgan fingerprint density at radius 1 is 1.00 bits per heavy atom. The first-order valence-corrected chi connectivity index (χ1v) is 6.54. The topological polar surface area (TPSA) is 26.0 Å². The Bertz CT molecular complexity index is 522. The molecule has 2 aromatic rings. The summed E-state index contributed by atoms with van der Waals surface area (Å²) in [5.74, 6) is 0.268. The van der Waals surface area contributed by atoms with Crippen molar-refractivity contribution in [3.63, 3.8) is 0 Å². The third-order valence-electron chi connectivity index (χ3n) is 3.44. The first kappa shape index (κ1) is 13.1. The number of nitrogens with two attached hydrogens (primary N) is 1. The van der Waals surface area contributed by atoms with Crippen molar-refractivity contribution in [2.75, 3.05) is 0 Å². The van der Waals surface area contributed by atoms with Crippen LogP contribution in [0.3, 0.4) is 0 Å². The van der Waals surface area contributed by atoms with Gasteiger partial charge in [-0.15, -0.1) is 0 Å². The fourth-order valence-electron chi connectivity index (χ4n) is 2.07. The van der Waals surface area contributed by atoms with Crippen LogP contribution in [0, 0.1) is 6.92 Å². The van der Waals surface area contributed by atoms with Gasteiger partial charge in [0.15, 0.2) is 0 Å². The lowest BCUT2D eigenvalue weighted by Gasteiger charge is -2.21. The molecule has 18 heavy (non-hydrogen) atoms. The second kappa shape index (κ2) is 5.55. The van der Waals surface area contributed by atoms with Crippen LogP contribution < -0.4 is 5.73 Å². The predicted octanol–water partition coefficient (Wildman–Crippen LogP) is 4.45. The SMILES string of the molecule is Cc1ccc(C(N)C(C)c2ccccc2)cc1Cl. The molecule has 0 saturated heterocycles. The standard InChI is InChI=1S/C16H18ClN/c1-11-8-9-14(10-15(11)17)16(18)12(2)13-6-4-3-5-7-13/h3-10,12,16H,18H2,1-2H3. The summed E-state index contributed by atoms with van der Waals surface area (Å²) in [6, 6.07) is 16.3. The Morgan fingerprint density at radius 2 is 1.67 bits per heavy atom. The molecular formula is C16H18ClN. The molecular weight excluding hydrogens is 242 g/mol. The molecule has 2 heteroatoms. The minimum atomic E-state index is -0.0366. The zero-order valence-electron chi connectivity index (χ0n) is 10.7. The minimum Gasteiger partial charge on any atom is -0.323 e. The average Bonchev–Trinajstić information content (AvgIpc) is 2.41. The van der Waals surface area contributed by atoms with Gasteiger partial charge in [0, 0.05) is 17.0 Å². The van der Waals surface area contributed by atoms with Crippen LogP contribution in [0.1, 0.15) is 35.6 Å². The molecule has 94 valence electrons. The molecule has 0 fully saturated rings. The van der Waals surface area contributed by atoms with E-state index in [0.29, 0.717) is 0 Å². The fraction of sp³-hybridized carbons (Fsp3) is 0.250. The van der Waals surface area contributed by atoms with E-state index in [1.165, 1.54) is 5.56 Å². The van der Waals surface area contributed by atoms with Crippen molar-refractivity contribution in [2.24, 2.45) is 5.73 Å². The maximum absolute atomic E-state index is 6.33. The third-order valence-corrected chi connectivity index (χ3v) is 3.85. The van der Waals surface area contributed by atoms with Gasteiger partial charge in [0.1, 0.15) is 0 Å². The highest BCUT2D eigenvalue weighted by atomic mass is 35.5. The van der Waals surface area contributed by atoms with Crippen LogP contribution in [-0.4, -0.2) is 0 Å². The van der Waals surface area contributed by atoms with E-state index in [2.05, 4.69) is 25.1 Å². The van der Waals surface area contributed by atoms with E-state index in [4.69, 9.17) is 17.3 Å². The van der Waals surface area contributed by atoms with Gasteiger partial charge in [-0.25, -0.2) is 0 Å². The van der Waals surface area contributed by atoms with Gasteiger partial charge < -0.3 is 5.73 Å². The van der Waals surface area contributed by atoms with Gasteiger partial charge in [-0.1, -0.05) is 61.0 Å². The van der Waals surface area contributed by atoms with Crippen LogP contribution in [0.25, 0.3) is 0 Å². The van der Waals surface area contributed by atoms with Gasteiger partial charge >= 0.3 is 0 Å². The van der Waals surface area contributed by atoms with Crippen molar-refractivity contribution in [3.8, 4) is 0 Å². The van der Waals surface area contributed by atoms with Crippen molar-refractivity contribution < 1.29 is 0 Å². The third kappa shape index (κ3) is 2.74. The average molecular weight is 260 g/mol. The predicted molar refractivity (Wildman–Crippen MR) is 78.0 cm³/mol. The van der Waals surface area contributed by atoms with E-state index in [0.717, 1.165) is 16.1 Å². The zero-order valence-corrected chi connectivity index (χ0v) is 11.5. The monoisotopic (exact) mass is 259 g/mol. The van der Waals surface area contributed by atoms with Crippen LogP contribution in [-0.2, 0) is 0 Å². The molecule has 0 aliphatic heterocycles. The highest BCUT2D eigenvalue weighted by Gasteiger charge is 2.17. The number of aryl methyl sites for hydroxylation is 1. The summed E-state index contributed by atoms with van der Waals surface area (Å²) in [7, 11) is 0. The molecule has 0 radical (unpaired) electrons. The normalized spacial score (nSPS) is 14.2. The molecule has 2 rings (SSSR count). The Labute approximate surface area is 114 Å². The number of hydrogen-bond donors (Lipinski definition) is 1. The molecule has 2 atom stereocenters. The number of halogens is 1. The van der Waals surface area contributed by atoms with E-state index < -0.39 is 0 Å². The lowest BCUT2D eigenvalue weighted by molar-refractivity contribution is 0.598.